The second-order valence-corrected chi connectivity index (χ2v) is 9.98. The number of esters is 1. The first-order valence-corrected chi connectivity index (χ1v) is 15.5. The summed E-state index contributed by atoms with van der Waals surface area (Å²) in [5.74, 6) is 0.120. The topological polar surface area (TPSA) is 129 Å². The summed E-state index contributed by atoms with van der Waals surface area (Å²) in [5, 5.41) is 2.86. The van der Waals surface area contributed by atoms with Crippen molar-refractivity contribution in [2.24, 2.45) is 0 Å². The molecule has 3 N–H and O–H groups in total. The summed E-state index contributed by atoms with van der Waals surface area (Å²) in [6, 6.07) is 18.3. The Morgan fingerprint density at radius 1 is 0.604 bits per heavy atom. The van der Waals surface area contributed by atoms with Crippen LogP contribution in [-0.4, -0.2) is 98.5 Å². The SMILES string of the molecule is Nc1ccc(OCCOCCOCCOCCOCCOCCOCCOC(=O)c2ccccc2Nc2cccc(C(F)(F)F)c2)cc1. The Labute approximate surface area is 278 Å². The zero-order chi connectivity index (χ0) is 34.3. The Morgan fingerprint density at radius 2 is 1.10 bits per heavy atom. The quantitative estimate of drug-likeness (QED) is 0.0681. The van der Waals surface area contributed by atoms with Crippen molar-refractivity contribution in [2.45, 2.75) is 6.18 Å². The van der Waals surface area contributed by atoms with Gasteiger partial charge in [0, 0.05) is 11.4 Å². The van der Waals surface area contributed by atoms with E-state index in [0.29, 0.717) is 90.7 Å². The number of halogens is 3. The molecule has 0 radical (unpaired) electrons. The highest BCUT2D eigenvalue weighted by atomic mass is 19.4. The lowest BCUT2D eigenvalue weighted by Gasteiger charge is -2.13. The third-order valence-electron chi connectivity index (χ3n) is 6.31. The van der Waals surface area contributed by atoms with Crippen molar-refractivity contribution in [3.05, 3.63) is 83.9 Å². The fraction of sp³-hybridized carbons (Fsp3) is 0.441. The highest BCUT2D eigenvalue weighted by Gasteiger charge is 2.30. The summed E-state index contributed by atoms with van der Waals surface area (Å²) in [6.07, 6.45) is -4.48. The second-order valence-electron chi connectivity index (χ2n) is 9.98. The van der Waals surface area contributed by atoms with Gasteiger partial charge in [0.25, 0.3) is 0 Å². The fourth-order valence-electron chi connectivity index (χ4n) is 3.95. The Hall–Kier alpha value is -3.92. The Balaban J connectivity index is 1.08. The van der Waals surface area contributed by atoms with E-state index in [9.17, 15) is 18.0 Å². The van der Waals surface area contributed by atoms with E-state index in [1.54, 1.807) is 30.3 Å². The average molecular weight is 681 g/mol. The lowest BCUT2D eigenvalue weighted by atomic mass is 10.1. The molecule has 48 heavy (non-hydrogen) atoms. The van der Waals surface area contributed by atoms with Crippen LogP contribution in [0.2, 0.25) is 0 Å². The molecular weight excluding hydrogens is 637 g/mol. The fourth-order valence-corrected chi connectivity index (χ4v) is 3.95. The van der Waals surface area contributed by atoms with E-state index in [4.69, 9.17) is 43.6 Å². The number of nitrogens with two attached hydrogens (primary N) is 1. The van der Waals surface area contributed by atoms with E-state index in [0.717, 1.165) is 17.9 Å². The molecule has 264 valence electrons. The predicted octanol–water partition coefficient (Wildman–Crippen LogP) is 5.37. The van der Waals surface area contributed by atoms with Crippen LogP contribution in [0.4, 0.5) is 30.2 Å². The van der Waals surface area contributed by atoms with Gasteiger partial charge >= 0.3 is 12.1 Å². The molecule has 0 saturated heterocycles. The number of benzene rings is 3. The second kappa shape index (κ2) is 22.6. The van der Waals surface area contributed by atoms with Crippen LogP contribution in [-0.2, 0) is 39.3 Å². The van der Waals surface area contributed by atoms with E-state index >= 15 is 0 Å². The van der Waals surface area contributed by atoms with Crippen LogP contribution < -0.4 is 15.8 Å². The van der Waals surface area contributed by atoms with Gasteiger partial charge in [-0.25, -0.2) is 4.79 Å². The zero-order valence-electron chi connectivity index (χ0n) is 26.7. The maximum atomic E-state index is 13.0. The number of nitrogens with one attached hydrogen (secondary N) is 1. The van der Waals surface area contributed by atoms with Gasteiger partial charge in [-0.15, -0.1) is 0 Å². The number of ether oxygens (including phenoxy) is 8. The molecule has 3 aromatic carbocycles. The van der Waals surface area contributed by atoms with Crippen LogP contribution in [0.1, 0.15) is 15.9 Å². The molecule has 0 bridgehead atoms. The van der Waals surface area contributed by atoms with Crippen molar-refractivity contribution in [1.82, 2.24) is 0 Å². The summed E-state index contributed by atoms with van der Waals surface area (Å²) < 4.78 is 82.6. The number of para-hydroxylation sites is 1. The summed E-state index contributed by atoms with van der Waals surface area (Å²) in [6.45, 7) is 5.23. The van der Waals surface area contributed by atoms with Gasteiger partial charge in [0.2, 0.25) is 0 Å². The normalized spacial score (nSPS) is 11.4. The van der Waals surface area contributed by atoms with E-state index < -0.39 is 17.7 Å². The predicted molar refractivity (Wildman–Crippen MR) is 173 cm³/mol. The maximum absolute atomic E-state index is 13.0. The van der Waals surface area contributed by atoms with Gasteiger partial charge in [0.1, 0.15) is 19.0 Å². The molecule has 0 saturated carbocycles. The number of hydrogen-bond acceptors (Lipinski definition) is 11. The minimum absolute atomic E-state index is 0.0000841. The van der Waals surface area contributed by atoms with Crippen molar-refractivity contribution >= 4 is 23.0 Å². The van der Waals surface area contributed by atoms with Gasteiger partial charge in [-0.05, 0) is 54.6 Å². The first-order valence-electron chi connectivity index (χ1n) is 15.5. The Bertz CT molecular complexity index is 1310. The van der Waals surface area contributed by atoms with Gasteiger partial charge in [-0.2, -0.15) is 13.2 Å². The minimum Gasteiger partial charge on any atom is -0.491 e. The molecule has 0 aliphatic carbocycles. The summed E-state index contributed by atoms with van der Waals surface area (Å²) in [5.41, 5.74) is 6.24. The number of alkyl halides is 3. The maximum Gasteiger partial charge on any atom is 0.416 e. The standard InChI is InChI=1S/C34H43F3N2O9/c35-34(36,37)27-4-3-5-29(26-27)39-32-7-2-1-6-31(32)33(40)48-25-23-46-21-19-44-17-15-42-13-12-41-14-16-43-18-20-45-22-24-47-30-10-8-28(38)9-11-30/h1-11,26,39H,12-25,38H2. The molecule has 0 unspecified atom stereocenters. The first-order chi connectivity index (χ1) is 23.3. The molecule has 0 amide bonds. The van der Waals surface area contributed by atoms with Gasteiger partial charge in [-0.1, -0.05) is 18.2 Å². The smallest absolute Gasteiger partial charge is 0.416 e. The molecular formula is C34H43F3N2O9. The van der Waals surface area contributed by atoms with Crippen LogP contribution in [0.15, 0.2) is 72.8 Å². The van der Waals surface area contributed by atoms with E-state index in [1.807, 2.05) is 12.1 Å². The number of rotatable bonds is 25. The molecule has 0 aliphatic heterocycles. The number of carbonyl (C=O) groups excluding carboxylic acids is 1. The van der Waals surface area contributed by atoms with Crippen LogP contribution >= 0.6 is 0 Å². The third kappa shape index (κ3) is 16.3. The highest BCUT2D eigenvalue weighted by Crippen LogP contribution is 2.32. The summed E-state index contributed by atoms with van der Waals surface area (Å²) >= 11 is 0. The van der Waals surface area contributed by atoms with E-state index in [1.165, 1.54) is 18.2 Å². The highest BCUT2D eigenvalue weighted by molar-refractivity contribution is 5.96. The molecule has 11 nitrogen and oxygen atoms in total. The van der Waals surface area contributed by atoms with Crippen LogP contribution in [0.25, 0.3) is 0 Å². The lowest BCUT2D eigenvalue weighted by Crippen LogP contribution is -2.15. The summed E-state index contributed by atoms with van der Waals surface area (Å²) in [7, 11) is 0. The van der Waals surface area contributed by atoms with Crippen molar-refractivity contribution in [3.8, 4) is 5.75 Å². The van der Waals surface area contributed by atoms with Crippen molar-refractivity contribution in [1.29, 1.82) is 0 Å². The van der Waals surface area contributed by atoms with Crippen LogP contribution in [0.5, 0.6) is 5.75 Å². The summed E-state index contributed by atoms with van der Waals surface area (Å²) in [4.78, 5) is 12.6. The third-order valence-corrected chi connectivity index (χ3v) is 6.31. The van der Waals surface area contributed by atoms with Crippen LogP contribution in [0, 0.1) is 0 Å². The van der Waals surface area contributed by atoms with E-state index in [2.05, 4.69) is 5.32 Å². The number of anilines is 3. The van der Waals surface area contributed by atoms with Gasteiger partial charge in [0.15, 0.2) is 0 Å². The van der Waals surface area contributed by atoms with Crippen molar-refractivity contribution in [3.63, 3.8) is 0 Å². The Morgan fingerprint density at radius 3 is 1.65 bits per heavy atom. The average Bonchev–Trinajstić information content (AvgIpc) is 3.07. The monoisotopic (exact) mass is 680 g/mol. The number of nitrogen functional groups attached to an aromatic ring is 1. The lowest BCUT2D eigenvalue weighted by molar-refractivity contribution is -0.137. The molecule has 14 heteroatoms. The molecule has 0 aliphatic rings. The van der Waals surface area contributed by atoms with Gasteiger partial charge < -0.3 is 48.9 Å². The molecule has 0 spiro atoms. The molecule has 0 heterocycles. The largest absolute Gasteiger partial charge is 0.491 e. The van der Waals surface area contributed by atoms with Crippen molar-refractivity contribution in [2.75, 3.05) is 104 Å². The van der Waals surface area contributed by atoms with Gasteiger partial charge in [0.05, 0.1) is 96.1 Å². The minimum atomic E-state index is -4.48. The van der Waals surface area contributed by atoms with E-state index in [-0.39, 0.29) is 24.5 Å². The first kappa shape index (κ1) is 38.5. The number of hydrogen-bond donors (Lipinski definition) is 2. The van der Waals surface area contributed by atoms with Crippen molar-refractivity contribution < 1.29 is 55.9 Å². The molecule has 0 aromatic heterocycles. The molecule has 3 rings (SSSR count). The number of carbonyl (C=O) groups is 1. The molecule has 3 aromatic rings. The Kier molecular flexibility index (Phi) is 18.2. The zero-order valence-corrected chi connectivity index (χ0v) is 26.7. The van der Waals surface area contributed by atoms with Crippen LogP contribution in [0.3, 0.4) is 0 Å². The van der Waals surface area contributed by atoms with Gasteiger partial charge in [-0.3, -0.25) is 0 Å². The molecule has 0 atom stereocenters. The molecule has 0 fully saturated rings.